The molecule has 1 aliphatic carbocycles. The molecule has 0 spiro atoms. The van der Waals surface area contributed by atoms with Crippen LogP contribution >= 0.6 is 0 Å². The SMILES string of the molecule is CCOc1ccccc1CN(Cc1cccnc1)C(=O)NC1CCCCC1. The minimum absolute atomic E-state index is 0.0166. The summed E-state index contributed by atoms with van der Waals surface area (Å²) in [5.41, 5.74) is 2.03. The first-order chi connectivity index (χ1) is 13.3. The highest BCUT2D eigenvalue weighted by molar-refractivity contribution is 5.74. The standard InChI is InChI=1S/C22H29N3O2/c1-2-27-21-13-7-6-10-19(21)17-25(16-18-9-8-14-23-15-18)22(26)24-20-11-4-3-5-12-20/h6-10,13-15,20H,2-5,11-12,16-17H2,1H3,(H,24,26). The Morgan fingerprint density at radius 2 is 1.96 bits per heavy atom. The fourth-order valence-electron chi connectivity index (χ4n) is 3.56. The maximum Gasteiger partial charge on any atom is 0.318 e. The molecule has 1 heterocycles. The third-order valence-electron chi connectivity index (χ3n) is 4.95. The molecule has 1 fully saturated rings. The number of ether oxygens (including phenoxy) is 1. The number of amides is 2. The van der Waals surface area contributed by atoms with E-state index in [4.69, 9.17) is 4.74 Å². The van der Waals surface area contributed by atoms with Gasteiger partial charge in [-0.3, -0.25) is 4.98 Å². The van der Waals surface area contributed by atoms with Crippen LogP contribution in [0, 0.1) is 0 Å². The van der Waals surface area contributed by atoms with E-state index in [1.54, 1.807) is 6.20 Å². The Morgan fingerprint density at radius 1 is 1.15 bits per heavy atom. The van der Waals surface area contributed by atoms with Crippen LogP contribution < -0.4 is 10.1 Å². The number of pyridine rings is 1. The molecule has 3 rings (SSSR count). The maximum absolute atomic E-state index is 13.0. The fraction of sp³-hybridized carbons (Fsp3) is 0.455. The highest BCUT2D eigenvalue weighted by atomic mass is 16.5. The van der Waals surface area contributed by atoms with Crippen molar-refractivity contribution >= 4 is 6.03 Å². The lowest BCUT2D eigenvalue weighted by Crippen LogP contribution is -2.44. The van der Waals surface area contributed by atoms with Crippen LogP contribution in [0.5, 0.6) is 5.75 Å². The number of hydrogen-bond acceptors (Lipinski definition) is 3. The van der Waals surface area contributed by atoms with Crippen LogP contribution in [0.15, 0.2) is 48.8 Å². The first-order valence-electron chi connectivity index (χ1n) is 9.91. The summed E-state index contributed by atoms with van der Waals surface area (Å²) in [5, 5.41) is 3.24. The second kappa shape index (κ2) is 9.95. The molecule has 1 aromatic heterocycles. The molecule has 5 heteroatoms. The number of carbonyl (C=O) groups excluding carboxylic acids is 1. The molecule has 144 valence electrons. The van der Waals surface area contributed by atoms with Crippen molar-refractivity contribution in [2.45, 2.75) is 58.2 Å². The Morgan fingerprint density at radius 3 is 2.70 bits per heavy atom. The van der Waals surface area contributed by atoms with Crippen LogP contribution in [0.4, 0.5) is 4.79 Å². The van der Waals surface area contributed by atoms with Gasteiger partial charge in [-0.1, -0.05) is 43.5 Å². The summed E-state index contributed by atoms with van der Waals surface area (Å²) in [6, 6.07) is 12.1. The molecule has 2 aromatic rings. The highest BCUT2D eigenvalue weighted by Gasteiger charge is 2.21. The van der Waals surface area contributed by atoms with E-state index in [-0.39, 0.29) is 12.1 Å². The van der Waals surface area contributed by atoms with Gasteiger partial charge < -0.3 is 15.0 Å². The van der Waals surface area contributed by atoms with Crippen LogP contribution in [0.2, 0.25) is 0 Å². The van der Waals surface area contributed by atoms with Gasteiger partial charge in [-0.15, -0.1) is 0 Å². The summed E-state index contributed by atoms with van der Waals surface area (Å²) in [4.78, 5) is 19.1. The molecular weight excluding hydrogens is 338 g/mol. The summed E-state index contributed by atoms with van der Waals surface area (Å²) in [6.45, 7) is 3.60. The zero-order chi connectivity index (χ0) is 18.9. The van der Waals surface area contributed by atoms with Crippen LogP contribution in [-0.2, 0) is 13.1 Å². The Hall–Kier alpha value is -2.56. The van der Waals surface area contributed by atoms with Crippen molar-refractivity contribution < 1.29 is 9.53 Å². The van der Waals surface area contributed by atoms with E-state index in [9.17, 15) is 4.79 Å². The summed E-state index contributed by atoms with van der Waals surface area (Å²) in [7, 11) is 0. The number of nitrogens with one attached hydrogen (secondary N) is 1. The molecule has 1 aliphatic rings. The molecule has 27 heavy (non-hydrogen) atoms. The third kappa shape index (κ3) is 5.71. The van der Waals surface area contributed by atoms with Gasteiger partial charge in [-0.05, 0) is 37.5 Å². The average Bonchev–Trinajstić information content (AvgIpc) is 2.70. The van der Waals surface area contributed by atoms with E-state index in [1.165, 1.54) is 19.3 Å². The normalized spacial score (nSPS) is 14.6. The van der Waals surface area contributed by atoms with E-state index in [2.05, 4.69) is 10.3 Å². The molecular formula is C22H29N3O2. The minimum Gasteiger partial charge on any atom is -0.494 e. The quantitative estimate of drug-likeness (QED) is 0.782. The van der Waals surface area contributed by atoms with Gasteiger partial charge in [0.05, 0.1) is 13.2 Å². The van der Waals surface area contributed by atoms with Crippen molar-refractivity contribution in [3.8, 4) is 5.75 Å². The Balaban J connectivity index is 1.75. The van der Waals surface area contributed by atoms with E-state index in [0.717, 1.165) is 29.7 Å². The van der Waals surface area contributed by atoms with Crippen LogP contribution in [0.1, 0.15) is 50.2 Å². The van der Waals surface area contributed by atoms with Gasteiger partial charge in [0.2, 0.25) is 0 Å². The predicted octanol–water partition coefficient (Wildman–Crippen LogP) is 4.52. The molecule has 2 amide bonds. The summed E-state index contributed by atoms with van der Waals surface area (Å²) in [6.07, 6.45) is 9.37. The van der Waals surface area contributed by atoms with Gasteiger partial charge in [0.25, 0.3) is 0 Å². The van der Waals surface area contributed by atoms with Crippen molar-refractivity contribution in [1.29, 1.82) is 0 Å². The number of aromatic nitrogens is 1. The number of rotatable bonds is 7. The Labute approximate surface area is 161 Å². The average molecular weight is 367 g/mol. The molecule has 1 N–H and O–H groups in total. The van der Waals surface area contributed by atoms with Gasteiger partial charge >= 0.3 is 6.03 Å². The van der Waals surface area contributed by atoms with Crippen LogP contribution in [0.25, 0.3) is 0 Å². The minimum atomic E-state index is -0.0166. The summed E-state index contributed by atoms with van der Waals surface area (Å²) in [5.74, 6) is 0.835. The van der Waals surface area contributed by atoms with Crippen molar-refractivity contribution in [3.05, 3.63) is 59.9 Å². The van der Waals surface area contributed by atoms with Crippen molar-refractivity contribution in [1.82, 2.24) is 15.2 Å². The number of hydrogen-bond donors (Lipinski definition) is 1. The van der Waals surface area contributed by atoms with Gasteiger partial charge in [-0.2, -0.15) is 0 Å². The monoisotopic (exact) mass is 367 g/mol. The van der Waals surface area contributed by atoms with E-state index >= 15 is 0 Å². The largest absolute Gasteiger partial charge is 0.494 e. The molecule has 0 radical (unpaired) electrons. The Kier molecular flexibility index (Phi) is 7.08. The van der Waals surface area contributed by atoms with Crippen LogP contribution in [0.3, 0.4) is 0 Å². The van der Waals surface area contributed by atoms with Crippen molar-refractivity contribution in [2.75, 3.05) is 6.61 Å². The van der Waals surface area contributed by atoms with Crippen molar-refractivity contribution in [2.24, 2.45) is 0 Å². The zero-order valence-electron chi connectivity index (χ0n) is 16.1. The van der Waals surface area contributed by atoms with Gasteiger partial charge in [0.1, 0.15) is 5.75 Å². The molecule has 0 unspecified atom stereocenters. The third-order valence-corrected chi connectivity index (χ3v) is 4.95. The number of carbonyl (C=O) groups is 1. The van der Waals surface area contributed by atoms with E-state index in [0.29, 0.717) is 19.7 Å². The predicted molar refractivity (Wildman–Crippen MR) is 106 cm³/mol. The smallest absolute Gasteiger partial charge is 0.318 e. The number of benzene rings is 1. The molecule has 1 saturated carbocycles. The second-order valence-electron chi connectivity index (χ2n) is 7.04. The maximum atomic E-state index is 13.0. The zero-order valence-corrected chi connectivity index (χ0v) is 16.1. The molecule has 1 aromatic carbocycles. The number of para-hydroxylation sites is 1. The van der Waals surface area contributed by atoms with Crippen LogP contribution in [-0.4, -0.2) is 28.6 Å². The molecule has 0 aliphatic heterocycles. The van der Waals surface area contributed by atoms with Gasteiger partial charge in [0, 0.05) is 30.5 Å². The molecule has 0 saturated heterocycles. The number of urea groups is 1. The first-order valence-corrected chi connectivity index (χ1v) is 9.91. The fourth-order valence-corrected chi connectivity index (χ4v) is 3.56. The second-order valence-corrected chi connectivity index (χ2v) is 7.04. The van der Waals surface area contributed by atoms with E-state index < -0.39 is 0 Å². The summed E-state index contributed by atoms with van der Waals surface area (Å²) >= 11 is 0. The highest BCUT2D eigenvalue weighted by Crippen LogP contribution is 2.22. The lowest BCUT2D eigenvalue weighted by Gasteiger charge is -2.29. The first kappa shape index (κ1) is 19.2. The lowest BCUT2D eigenvalue weighted by atomic mass is 9.96. The lowest BCUT2D eigenvalue weighted by molar-refractivity contribution is 0.183. The topological polar surface area (TPSA) is 54.5 Å². The van der Waals surface area contributed by atoms with Crippen molar-refractivity contribution in [3.63, 3.8) is 0 Å². The molecule has 5 nitrogen and oxygen atoms in total. The van der Waals surface area contributed by atoms with E-state index in [1.807, 2.05) is 54.4 Å². The molecule has 0 atom stereocenters. The Bertz CT molecular complexity index is 715. The number of nitrogens with zero attached hydrogens (tertiary/aromatic N) is 2. The molecule has 0 bridgehead atoms. The summed E-state index contributed by atoms with van der Waals surface area (Å²) < 4.78 is 5.75. The van der Waals surface area contributed by atoms with Gasteiger partial charge in [0.15, 0.2) is 0 Å². The van der Waals surface area contributed by atoms with Gasteiger partial charge in [-0.25, -0.2) is 4.79 Å².